The van der Waals surface area contributed by atoms with Gasteiger partial charge in [-0.3, -0.25) is 0 Å². The Morgan fingerprint density at radius 2 is 1.95 bits per heavy atom. The highest BCUT2D eigenvalue weighted by atomic mass is 19.4. The molecule has 1 aromatic rings. The van der Waals surface area contributed by atoms with Gasteiger partial charge in [0.1, 0.15) is 6.61 Å². The SMILES string of the molecule is CN(C)C1=C(c2cccc(C(F)(F)F)c2)C(=O)OC1. The van der Waals surface area contributed by atoms with Crippen molar-refractivity contribution < 1.29 is 22.7 Å². The molecule has 0 N–H and O–H groups in total. The highest BCUT2D eigenvalue weighted by molar-refractivity contribution is 6.19. The van der Waals surface area contributed by atoms with E-state index in [9.17, 15) is 18.0 Å². The predicted molar refractivity (Wildman–Crippen MR) is 63.0 cm³/mol. The molecular formula is C13H12F3NO2. The van der Waals surface area contributed by atoms with E-state index in [1.165, 1.54) is 12.1 Å². The molecule has 2 rings (SSSR count). The number of rotatable bonds is 2. The highest BCUT2D eigenvalue weighted by Gasteiger charge is 2.33. The number of ether oxygens (including phenoxy) is 1. The average Bonchev–Trinajstić information content (AvgIpc) is 2.70. The summed E-state index contributed by atoms with van der Waals surface area (Å²) in [7, 11) is 3.43. The lowest BCUT2D eigenvalue weighted by Gasteiger charge is -2.14. The molecule has 6 heteroatoms. The zero-order chi connectivity index (χ0) is 14.2. The Hall–Kier alpha value is -1.98. The number of carbonyl (C=O) groups is 1. The van der Waals surface area contributed by atoms with Crippen LogP contribution in [0.25, 0.3) is 5.57 Å². The second-order valence-electron chi connectivity index (χ2n) is 4.37. The molecule has 0 aromatic heterocycles. The number of benzene rings is 1. The molecule has 1 aliphatic rings. The maximum atomic E-state index is 12.7. The number of carbonyl (C=O) groups excluding carboxylic acids is 1. The lowest BCUT2D eigenvalue weighted by atomic mass is 10.0. The molecule has 0 bridgehead atoms. The molecule has 3 nitrogen and oxygen atoms in total. The van der Waals surface area contributed by atoms with Gasteiger partial charge in [0, 0.05) is 14.1 Å². The first-order valence-corrected chi connectivity index (χ1v) is 5.56. The second kappa shape index (κ2) is 4.60. The summed E-state index contributed by atoms with van der Waals surface area (Å²) in [5.41, 5.74) is 0.205. The van der Waals surface area contributed by atoms with Crippen LogP contribution in [-0.4, -0.2) is 31.6 Å². The van der Waals surface area contributed by atoms with Gasteiger partial charge in [-0.25, -0.2) is 4.79 Å². The second-order valence-corrected chi connectivity index (χ2v) is 4.37. The molecule has 0 saturated carbocycles. The van der Waals surface area contributed by atoms with E-state index in [4.69, 9.17) is 4.74 Å². The number of hydrogen-bond acceptors (Lipinski definition) is 3. The van der Waals surface area contributed by atoms with E-state index in [0.717, 1.165) is 12.1 Å². The van der Waals surface area contributed by atoms with Crippen LogP contribution in [0.1, 0.15) is 11.1 Å². The number of halogens is 3. The first-order valence-electron chi connectivity index (χ1n) is 5.56. The van der Waals surface area contributed by atoms with Crippen LogP contribution in [0.5, 0.6) is 0 Å². The Bertz CT molecular complexity index is 547. The van der Waals surface area contributed by atoms with Gasteiger partial charge < -0.3 is 9.64 Å². The zero-order valence-corrected chi connectivity index (χ0v) is 10.4. The van der Waals surface area contributed by atoms with Gasteiger partial charge in [0.05, 0.1) is 16.8 Å². The minimum Gasteiger partial charge on any atom is -0.456 e. The first-order chi connectivity index (χ1) is 8.80. The van der Waals surface area contributed by atoms with E-state index in [-0.39, 0.29) is 17.7 Å². The van der Waals surface area contributed by atoms with E-state index in [1.54, 1.807) is 19.0 Å². The van der Waals surface area contributed by atoms with Crippen LogP contribution in [0.4, 0.5) is 13.2 Å². The fourth-order valence-electron chi connectivity index (χ4n) is 1.88. The lowest BCUT2D eigenvalue weighted by Crippen LogP contribution is -2.13. The normalized spacial score (nSPS) is 15.7. The summed E-state index contributed by atoms with van der Waals surface area (Å²) >= 11 is 0. The van der Waals surface area contributed by atoms with Crippen LogP contribution >= 0.6 is 0 Å². The maximum absolute atomic E-state index is 12.7. The molecule has 0 fully saturated rings. The third kappa shape index (κ3) is 2.57. The topological polar surface area (TPSA) is 29.5 Å². The molecule has 0 amide bonds. The number of hydrogen-bond donors (Lipinski definition) is 0. The Kier molecular flexibility index (Phi) is 3.26. The van der Waals surface area contributed by atoms with Crippen LogP contribution in [-0.2, 0) is 15.7 Å². The smallest absolute Gasteiger partial charge is 0.416 e. The van der Waals surface area contributed by atoms with Gasteiger partial charge in [-0.1, -0.05) is 12.1 Å². The molecule has 0 unspecified atom stereocenters. The third-order valence-electron chi connectivity index (χ3n) is 2.85. The van der Waals surface area contributed by atoms with Crippen molar-refractivity contribution in [3.8, 4) is 0 Å². The fraction of sp³-hybridized carbons (Fsp3) is 0.308. The summed E-state index contributed by atoms with van der Waals surface area (Å²) in [6.07, 6.45) is -4.43. The number of nitrogens with zero attached hydrogens (tertiary/aromatic N) is 1. The van der Waals surface area contributed by atoms with Crippen LogP contribution in [0.15, 0.2) is 30.0 Å². The van der Waals surface area contributed by atoms with Gasteiger partial charge in [0.2, 0.25) is 0 Å². The Morgan fingerprint density at radius 1 is 1.26 bits per heavy atom. The highest BCUT2D eigenvalue weighted by Crippen LogP contribution is 2.33. The van der Waals surface area contributed by atoms with Gasteiger partial charge in [-0.05, 0) is 17.7 Å². The number of esters is 1. The summed E-state index contributed by atoms with van der Waals surface area (Å²) in [6.45, 7) is 0.0808. The fourth-order valence-corrected chi connectivity index (χ4v) is 1.88. The minimum absolute atomic E-state index is 0.0808. The van der Waals surface area contributed by atoms with Crippen molar-refractivity contribution >= 4 is 11.5 Å². The van der Waals surface area contributed by atoms with Crippen LogP contribution in [0, 0.1) is 0 Å². The van der Waals surface area contributed by atoms with E-state index in [2.05, 4.69) is 0 Å². The van der Waals surface area contributed by atoms with E-state index in [0.29, 0.717) is 5.70 Å². The summed E-state index contributed by atoms with van der Waals surface area (Å²) in [4.78, 5) is 13.3. The minimum atomic E-state index is -4.43. The number of alkyl halides is 3. The van der Waals surface area contributed by atoms with E-state index < -0.39 is 17.7 Å². The lowest BCUT2D eigenvalue weighted by molar-refractivity contribution is -0.138. The summed E-state index contributed by atoms with van der Waals surface area (Å²) < 4.78 is 42.9. The summed E-state index contributed by atoms with van der Waals surface area (Å²) in [5.74, 6) is -0.594. The molecule has 0 atom stereocenters. The predicted octanol–water partition coefficient (Wildman–Crippen LogP) is 2.53. The molecule has 102 valence electrons. The van der Waals surface area contributed by atoms with Crippen LogP contribution in [0.2, 0.25) is 0 Å². The Balaban J connectivity index is 2.52. The standard InChI is InChI=1S/C13H12F3NO2/c1-17(2)10-7-19-12(18)11(10)8-4-3-5-9(6-8)13(14,15)16/h3-6H,7H2,1-2H3. The van der Waals surface area contributed by atoms with E-state index in [1.807, 2.05) is 0 Å². The monoisotopic (exact) mass is 271 g/mol. The van der Waals surface area contributed by atoms with Gasteiger partial charge in [-0.2, -0.15) is 13.2 Å². The quantitative estimate of drug-likeness (QED) is 0.774. The van der Waals surface area contributed by atoms with Gasteiger partial charge >= 0.3 is 12.1 Å². The first kappa shape index (κ1) is 13.5. The van der Waals surface area contributed by atoms with Crippen LogP contribution < -0.4 is 0 Å². The summed E-state index contributed by atoms with van der Waals surface area (Å²) in [6, 6.07) is 4.69. The molecule has 19 heavy (non-hydrogen) atoms. The van der Waals surface area contributed by atoms with E-state index >= 15 is 0 Å². The largest absolute Gasteiger partial charge is 0.456 e. The molecule has 1 aliphatic heterocycles. The van der Waals surface area contributed by atoms with Crippen molar-refractivity contribution in [1.29, 1.82) is 0 Å². The number of likely N-dealkylation sites (N-methyl/N-ethyl adjacent to an activating group) is 1. The Morgan fingerprint density at radius 3 is 2.53 bits per heavy atom. The van der Waals surface area contributed by atoms with Crippen LogP contribution in [0.3, 0.4) is 0 Å². The van der Waals surface area contributed by atoms with Gasteiger partial charge in [0.15, 0.2) is 0 Å². The van der Waals surface area contributed by atoms with Crippen molar-refractivity contribution in [2.24, 2.45) is 0 Å². The van der Waals surface area contributed by atoms with Crippen molar-refractivity contribution in [1.82, 2.24) is 4.90 Å². The summed E-state index contributed by atoms with van der Waals surface area (Å²) in [5, 5.41) is 0. The van der Waals surface area contributed by atoms with Crippen molar-refractivity contribution in [3.63, 3.8) is 0 Å². The average molecular weight is 271 g/mol. The molecule has 0 radical (unpaired) electrons. The van der Waals surface area contributed by atoms with Gasteiger partial charge in [-0.15, -0.1) is 0 Å². The van der Waals surface area contributed by atoms with Gasteiger partial charge in [0.25, 0.3) is 0 Å². The Labute approximate surface area is 108 Å². The van der Waals surface area contributed by atoms with Crippen molar-refractivity contribution in [3.05, 3.63) is 41.1 Å². The molecule has 1 heterocycles. The molecular weight excluding hydrogens is 259 g/mol. The molecule has 0 aliphatic carbocycles. The van der Waals surface area contributed by atoms with Crippen molar-refractivity contribution in [2.75, 3.05) is 20.7 Å². The number of cyclic esters (lactones) is 1. The zero-order valence-electron chi connectivity index (χ0n) is 10.4. The molecule has 0 spiro atoms. The third-order valence-corrected chi connectivity index (χ3v) is 2.85. The maximum Gasteiger partial charge on any atom is 0.416 e. The molecule has 0 saturated heterocycles. The molecule has 1 aromatic carbocycles. The van der Waals surface area contributed by atoms with Crippen molar-refractivity contribution in [2.45, 2.75) is 6.18 Å².